The predicted molar refractivity (Wildman–Crippen MR) is 79.7 cm³/mol. The van der Waals surface area contributed by atoms with Crippen molar-refractivity contribution in [2.75, 3.05) is 6.54 Å². The minimum atomic E-state index is -1.19. The Labute approximate surface area is 116 Å². The molecule has 4 nitrogen and oxygen atoms in total. The molecule has 0 heterocycles. The van der Waals surface area contributed by atoms with Crippen LogP contribution >= 0.6 is 0 Å². The van der Waals surface area contributed by atoms with Crippen LogP contribution in [0.5, 0.6) is 0 Å². The van der Waals surface area contributed by atoms with Crippen molar-refractivity contribution in [2.45, 2.75) is 44.6 Å². The number of hydrogen-bond donors (Lipinski definition) is 4. The molecule has 0 amide bonds. The smallest absolute Gasteiger partial charge is 0.427 e. The lowest BCUT2D eigenvalue weighted by atomic mass is 9.83. The first-order valence-corrected chi connectivity index (χ1v) is 6.99. The molecule has 0 saturated carbocycles. The monoisotopic (exact) mass is 264 g/mol. The Morgan fingerprint density at radius 3 is 2.53 bits per heavy atom. The third kappa shape index (κ3) is 7.33. The molecule has 1 rings (SSSR count). The SMILES string of the molecule is C[C@H](NCC(N)CCCCB(O)O)c1ccccc1. The summed E-state index contributed by atoms with van der Waals surface area (Å²) in [5.74, 6) is 0. The van der Waals surface area contributed by atoms with E-state index in [-0.39, 0.29) is 6.04 Å². The van der Waals surface area contributed by atoms with Crippen molar-refractivity contribution in [1.82, 2.24) is 5.32 Å². The Morgan fingerprint density at radius 2 is 1.89 bits per heavy atom. The van der Waals surface area contributed by atoms with Gasteiger partial charge in [0.15, 0.2) is 0 Å². The van der Waals surface area contributed by atoms with Gasteiger partial charge in [0.1, 0.15) is 0 Å². The standard InChI is InChI=1S/C14H25BN2O2/c1-12(13-7-3-2-4-8-13)17-11-14(16)9-5-6-10-15(18)19/h2-4,7-8,12,14,17-19H,5-6,9-11,16H2,1H3/t12-,14?/m0/s1. The molecule has 1 aromatic rings. The zero-order valence-corrected chi connectivity index (χ0v) is 11.6. The molecule has 1 aromatic carbocycles. The first kappa shape index (κ1) is 16.2. The molecule has 19 heavy (non-hydrogen) atoms. The van der Waals surface area contributed by atoms with E-state index in [9.17, 15) is 0 Å². The van der Waals surface area contributed by atoms with E-state index in [2.05, 4.69) is 24.4 Å². The summed E-state index contributed by atoms with van der Waals surface area (Å²) in [6.45, 7) is 2.90. The van der Waals surface area contributed by atoms with Crippen LogP contribution in [0.3, 0.4) is 0 Å². The fourth-order valence-corrected chi connectivity index (χ4v) is 2.02. The molecule has 5 N–H and O–H groups in total. The predicted octanol–water partition coefficient (Wildman–Crippen LogP) is 1.31. The Kier molecular flexibility index (Phi) is 7.75. The Morgan fingerprint density at radius 1 is 1.21 bits per heavy atom. The highest BCUT2D eigenvalue weighted by atomic mass is 16.4. The van der Waals surface area contributed by atoms with E-state index < -0.39 is 7.12 Å². The van der Waals surface area contributed by atoms with E-state index in [0.717, 1.165) is 25.8 Å². The van der Waals surface area contributed by atoms with Crippen molar-refractivity contribution >= 4 is 7.12 Å². The average Bonchev–Trinajstić information content (AvgIpc) is 2.41. The van der Waals surface area contributed by atoms with Gasteiger partial charge in [0, 0.05) is 18.6 Å². The molecule has 2 atom stereocenters. The highest BCUT2D eigenvalue weighted by molar-refractivity contribution is 6.40. The van der Waals surface area contributed by atoms with Gasteiger partial charge < -0.3 is 21.1 Å². The third-order valence-corrected chi connectivity index (χ3v) is 3.27. The van der Waals surface area contributed by atoms with Gasteiger partial charge in [-0.25, -0.2) is 0 Å². The third-order valence-electron chi connectivity index (χ3n) is 3.27. The molecule has 0 radical (unpaired) electrons. The molecule has 0 aliphatic rings. The summed E-state index contributed by atoms with van der Waals surface area (Å²) < 4.78 is 0. The molecule has 0 saturated heterocycles. The summed E-state index contributed by atoms with van der Waals surface area (Å²) in [5, 5.41) is 20.9. The largest absolute Gasteiger partial charge is 0.451 e. The van der Waals surface area contributed by atoms with Crippen LogP contribution < -0.4 is 11.1 Å². The van der Waals surface area contributed by atoms with Gasteiger partial charge in [-0.1, -0.05) is 43.2 Å². The van der Waals surface area contributed by atoms with Crippen LogP contribution in [0.4, 0.5) is 0 Å². The molecular weight excluding hydrogens is 239 g/mol. The highest BCUT2D eigenvalue weighted by Gasteiger charge is 2.09. The number of nitrogens with one attached hydrogen (secondary N) is 1. The first-order valence-electron chi connectivity index (χ1n) is 6.99. The zero-order chi connectivity index (χ0) is 14.1. The van der Waals surface area contributed by atoms with Crippen molar-refractivity contribution in [3.8, 4) is 0 Å². The normalized spacial score (nSPS) is 14.1. The summed E-state index contributed by atoms with van der Waals surface area (Å²) in [5.41, 5.74) is 7.29. The maximum Gasteiger partial charge on any atom is 0.451 e. The van der Waals surface area contributed by atoms with Gasteiger partial charge in [-0.2, -0.15) is 0 Å². The second-order valence-electron chi connectivity index (χ2n) is 5.07. The van der Waals surface area contributed by atoms with Crippen LogP contribution in [0.2, 0.25) is 6.32 Å². The van der Waals surface area contributed by atoms with Crippen LogP contribution in [-0.2, 0) is 0 Å². The number of hydrogen-bond acceptors (Lipinski definition) is 4. The van der Waals surface area contributed by atoms with Crippen molar-refractivity contribution < 1.29 is 10.0 Å². The van der Waals surface area contributed by atoms with Crippen LogP contribution in [-0.4, -0.2) is 29.8 Å². The minimum Gasteiger partial charge on any atom is -0.427 e. The average molecular weight is 264 g/mol. The second kappa shape index (κ2) is 9.10. The topological polar surface area (TPSA) is 78.5 Å². The van der Waals surface area contributed by atoms with E-state index in [1.54, 1.807) is 0 Å². The van der Waals surface area contributed by atoms with E-state index in [0.29, 0.717) is 12.4 Å². The summed E-state index contributed by atoms with van der Waals surface area (Å²) in [4.78, 5) is 0. The molecule has 0 fully saturated rings. The van der Waals surface area contributed by atoms with Gasteiger partial charge in [-0.3, -0.25) is 0 Å². The molecule has 106 valence electrons. The van der Waals surface area contributed by atoms with E-state index in [4.69, 9.17) is 15.8 Å². The summed E-state index contributed by atoms with van der Waals surface area (Å²) >= 11 is 0. The maximum atomic E-state index is 8.73. The number of benzene rings is 1. The van der Waals surface area contributed by atoms with Gasteiger partial charge in [-0.15, -0.1) is 0 Å². The first-order chi connectivity index (χ1) is 9.09. The van der Waals surface area contributed by atoms with Gasteiger partial charge in [0.2, 0.25) is 0 Å². The van der Waals surface area contributed by atoms with E-state index in [1.165, 1.54) is 5.56 Å². The molecule has 0 aliphatic carbocycles. The van der Waals surface area contributed by atoms with Crippen LogP contribution in [0, 0.1) is 0 Å². The number of rotatable bonds is 9. The lowest BCUT2D eigenvalue weighted by molar-refractivity contribution is 0.400. The lowest BCUT2D eigenvalue weighted by Gasteiger charge is -2.18. The molecule has 0 aliphatic heterocycles. The van der Waals surface area contributed by atoms with E-state index >= 15 is 0 Å². The molecule has 0 bridgehead atoms. The van der Waals surface area contributed by atoms with Gasteiger partial charge >= 0.3 is 7.12 Å². The van der Waals surface area contributed by atoms with Gasteiger partial charge in [0.05, 0.1) is 0 Å². The van der Waals surface area contributed by atoms with Crippen LogP contribution in [0.15, 0.2) is 30.3 Å². The number of nitrogens with two attached hydrogens (primary N) is 1. The van der Waals surface area contributed by atoms with Crippen molar-refractivity contribution in [2.24, 2.45) is 5.73 Å². The van der Waals surface area contributed by atoms with E-state index in [1.807, 2.05) is 18.2 Å². The molecular formula is C14H25BN2O2. The van der Waals surface area contributed by atoms with Crippen molar-refractivity contribution in [1.29, 1.82) is 0 Å². The Balaban J connectivity index is 2.14. The lowest BCUT2D eigenvalue weighted by Crippen LogP contribution is -2.35. The Hall–Kier alpha value is -0.875. The number of unbranched alkanes of at least 4 members (excludes halogenated alkanes) is 1. The zero-order valence-electron chi connectivity index (χ0n) is 11.6. The summed E-state index contributed by atoms with van der Waals surface area (Å²) in [6, 6.07) is 10.7. The van der Waals surface area contributed by atoms with Gasteiger partial charge in [-0.05, 0) is 25.2 Å². The maximum absolute atomic E-state index is 8.73. The quantitative estimate of drug-likeness (QED) is 0.400. The van der Waals surface area contributed by atoms with Gasteiger partial charge in [0.25, 0.3) is 0 Å². The Bertz CT molecular complexity index is 335. The summed E-state index contributed by atoms with van der Waals surface area (Å²) in [6.07, 6.45) is 3.07. The van der Waals surface area contributed by atoms with Crippen LogP contribution in [0.1, 0.15) is 37.8 Å². The minimum absolute atomic E-state index is 0.113. The molecule has 0 aromatic heterocycles. The second-order valence-corrected chi connectivity index (χ2v) is 5.07. The fourth-order valence-electron chi connectivity index (χ4n) is 2.02. The molecule has 0 spiro atoms. The van der Waals surface area contributed by atoms with Crippen molar-refractivity contribution in [3.05, 3.63) is 35.9 Å². The highest BCUT2D eigenvalue weighted by Crippen LogP contribution is 2.11. The van der Waals surface area contributed by atoms with Crippen molar-refractivity contribution in [3.63, 3.8) is 0 Å². The fraction of sp³-hybridized carbons (Fsp3) is 0.571. The molecule has 5 heteroatoms. The molecule has 1 unspecified atom stereocenters. The van der Waals surface area contributed by atoms with Crippen LogP contribution in [0.25, 0.3) is 0 Å². The summed E-state index contributed by atoms with van der Waals surface area (Å²) in [7, 11) is -1.19.